The van der Waals surface area contributed by atoms with E-state index in [9.17, 15) is 9.18 Å². The van der Waals surface area contributed by atoms with E-state index in [0.29, 0.717) is 0 Å². The van der Waals surface area contributed by atoms with Crippen LogP contribution in [0.4, 0.5) is 4.39 Å². The first-order valence-corrected chi connectivity index (χ1v) is 2.14. The fourth-order valence-corrected chi connectivity index (χ4v) is 0.368. The molecule has 0 aliphatic heterocycles. The SMILES string of the molecule is [2H]c1[nH]c(=O)c(C([2H])([2H])[2H])c(F)c1[2H]. The van der Waals surface area contributed by atoms with Crippen molar-refractivity contribution in [1.29, 1.82) is 0 Å². The van der Waals surface area contributed by atoms with Gasteiger partial charge in [0.05, 0.1) is 2.74 Å². The Morgan fingerprint density at radius 2 is 2.78 bits per heavy atom. The van der Waals surface area contributed by atoms with Gasteiger partial charge < -0.3 is 4.98 Å². The molecule has 0 amide bonds. The van der Waals surface area contributed by atoms with Crippen LogP contribution in [0, 0.1) is 12.7 Å². The molecule has 9 heavy (non-hydrogen) atoms. The minimum atomic E-state index is -2.92. The molecule has 2 nitrogen and oxygen atoms in total. The summed E-state index contributed by atoms with van der Waals surface area (Å²) in [7, 11) is 0. The predicted molar refractivity (Wildman–Crippen MR) is 31.8 cm³/mol. The Morgan fingerprint density at radius 1 is 2.00 bits per heavy atom. The van der Waals surface area contributed by atoms with Gasteiger partial charge in [0.25, 0.3) is 5.56 Å². The van der Waals surface area contributed by atoms with Gasteiger partial charge in [-0.15, -0.1) is 0 Å². The van der Waals surface area contributed by atoms with Crippen LogP contribution < -0.4 is 5.56 Å². The number of H-pyrrole nitrogens is 1. The summed E-state index contributed by atoms with van der Waals surface area (Å²) in [6, 6.07) is -0.921. The molecule has 1 aromatic rings. The Labute approximate surface area is 58.4 Å². The number of rotatable bonds is 0. The predicted octanol–water partition coefficient (Wildman–Crippen LogP) is 0.822. The minimum Gasteiger partial charge on any atom is -0.329 e. The summed E-state index contributed by atoms with van der Waals surface area (Å²) in [6.45, 7) is -2.92. The van der Waals surface area contributed by atoms with Crippen LogP contribution in [0.25, 0.3) is 0 Å². The summed E-state index contributed by atoms with van der Waals surface area (Å²) in [5, 5.41) is 0. The Balaban J connectivity index is 3.62. The highest BCUT2D eigenvalue weighted by Crippen LogP contribution is 1.94. The summed E-state index contributed by atoms with van der Waals surface area (Å²) < 4.78 is 47.6. The largest absolute Gasteiger partial charge is 0.329 e. The number of halogens is 1. The lowest BCUT2D eigenvalue weighted by Crippen LogP contribution is -2.09. The molecule has 48 valence electrons. The maximum atomic E-state index is 13.1. The van der Waals surface area contributed by atoms with Crippen molar-refractivity contribution in [2.24, 2.45) is 0 Å². The van der Waals surface area contributed by atoms with E-state index in [1.165, 1.54) is 0 Å². The minimum absolute atomic E-state index is 0.736. The van der Waals surface area contributed by atoms with Crippen LogP contribution in [-0.2, 0) is 0 Å². The third-order valence-corrected chi connectivity index (χ3v) is 0.795. The van der Waals surface area contributed by atoms with Crippen molar-refractivity contribution in [3.8, 4) is 0 Å². The van der Waals surface area contributed by atoms with E-state index in [2.05, 4.69) is 0 Å². The average molecular weight is 132 g/mol. The Kier molecular flexibility index (Phi) is 0.502. The molecule has 0 fully saturated rings. The van der Waals surface area contributed by atoms with Gasteiger partial charge in [-0.25, -0.2) is 4.39 Å². The molecule has 0 aliphatic carbocycles. The highest BCUT2D eigenvalue weighted by atomic mass is 19.1. The zero-order valence-corrected chi connectivity index (χ0v) is 4.29. The lowest BCUT2D eigenvalue weighted by Gasteiger charge is -1.89. The number of pyridine rings is 1. The molecule has 1 N–H and O–H groups in total. The monoisotopic (exact) mass is 132 g/mol. The van der Waals surface area contributed by atoms with E-state index < -0.39 is 36.0 Å². The van der Waals surface area contributed by atoms with Gasteiger partial charge in [0.1, 0.15) is 5.82 Å². The maximum absolute atomic E-state index is 13.1. The van der Waals surface area contributed by atoms with Crippen LogP contribution in [0.1, 0.15) is 12.4 Å². The highest BCUT2D eigenvalue weighted by molar-refractivity contribution is 5.08. The van der Waals surface area contributed by atoms with E-state index in [1.807, 2.05) is 0 Å². The second kappa shape index (κ2) is 2.01. The molecular weight excluding hydrogens is 121 g/mol. The van der Waals surface area contributed by atoms with Crippen molar-refractivity contribution in [3.63, 3.8) is 0 Å². The van der Waals surface area contributed by atoms with Gasteiger partial charge >= 0.3 is 0 Å². The zero-order chi connectivity index (χ0) is 11.1. The number of nitrogens with one attached hydrogen (secondary N) is 1. The van der Waals surface area contributed by atoms with Crippen LogP contribution in [0.3, 0.4) is 0 Å². The van der Waals surface area contributed by atoms with E-state index in [4.69, 9.17) is 6.85 Å². The summed E-state index contributed by atoms with van der Waals surface area (Å²) in [6.07, 6.45) is -0.736. The van der Waals surface area contributed by atoms with Crippen LogP contribution in [0.5, 0.6) is 0 Å². The molecule has 0 radical (unpaired) electrons. The van der Waals surface area contributed by atoms with Crippen LogP contribution >= 0.6 is 0 Å². The van der Waals surface area contributed by atoms with Crippen molar-refractivity contribution < 1.29 is 11.2 Å². The average Bonchev–Trinajstić information content (AvgIpc) is 1.97. The van der Waals surface area contributed by atoms with Crippen molar-refractivity contribution in [2.45, 2.75) is 6.85 Å². The number of hydrogen-bond donors (Lipinski definition) is 1. The van der Waals surface area contributed by atoms with E-state index in [-0.39, 0.29) is 0 Å². The molecule has 0 spiro atoms. The molecule has 1 heterocycles. The normalized spacial score (nSPS) is 19.0. The molecule has 0 atom stereocenters. The first-order valence-electron chi connectivity index (χ1n) is 4.64. The van der Waals surface area contributed by atoms with Crippen LogP contribution in [0.2, 0.25) is 0 Å². The topological polar surface area (TPSA) is 32.9 Å². The Bertz CT molecular complexity index is 423. The molecule has 0 aliphatic rings. The van der Waals surface area contributed by atoms with E-state index >= 15 is 0 Å². The standard InChI is InChI=1S/C6H6FNO/c1-4-5(7)2-3-8-6(4)9/h2-3H,1H3,(H,8,9)/i1D3,2D,3D. The Hall–Kier alpha value is -1.12. The first kappa shape index (κ1) is 2.25. The first-order chi connectivity index (χ1) is 6.25. The van der Waals surface area contributed by atoms with Crippen molar-refractivity contribution in [3.05, 3.63) is 33.9 Å². The van der Waals surface area contributed by atoms with Gasteiger partial charge in [0, 0.05) is 15.8 Å². The van der Waals surface area contributed by atoms with Crippen molar-refractivity contribution in [1.82, 2.24) is 4.98 Å². The number of hydrogen-bond acceptors (Lipinski definition) is 1. The maximum Gasteiger partial charge on any atom is 0.253 e. The van der Waals surface area contributed by atoms with Gasteiger partial charge in [-0.05, 0) is 12.9 Å². The van der Waals surface area contributed by atoms with E-state index in [1.54, 1.807) is 4.98 Å². The zero-order valence-electron chi connectivity index (χ0n) is 9.29. The summed E-state index contributed by atoms with van der Waals surface area (Å²) in [4.78, 5) is 12.8. The molecule has 1 aromatic heterocycles. The second-order valence-electron chi connectivity index (χ2n) is 1.39. The lowest BCUT2D eigenvalue weighted by molar-refractivity contribution is 0.613. The molecule has 0 aromatic carbocycles. The molecule has 0 saturated carbocycles. The highest BCUT2D eigenvalue weighted by Gasteiger charge is 1.96. The van der Waals surface area contributed by atoms with Crippen LogP contribution in [0.15, 0.2) is 17.0 Å². The second-order valence-corrected chi connectivity index (χ2v) is 1.39. The molecule has 0 saturated heterocycles. The molecule has 0 unspecified atom stereocenters. The lowest BCUT2D eigenvalue weighted by atomic mass is 10.3. The Morgan fingerprint density at radius 3 is 3.44 bits per heavy atom. The molecule has 0 bridgehead atoms. The van der Waals surface area contributed by atoms with Gasteiger partial charge in [-0.1, -0.05) is 0 Å². The van der Waals surface area contributed by atoms with Crippen LogP contribution in [-0.4, -0.2) is 4.98 Å². The van der Waals surface area contributed by atoms with Gasteiger partial charge in [-0.2, -0.15) is 0 Å². The van der Waals surface area contributed by atoms with Crippen molar-refractivity contribution in [2.75, 3.05) is 0 Å². The fraction of sp³-hybridized carbons (Fsp3) is 0.167. The third kappa shape index (κ3) is 0.988. The molecule has 3 heteroatoms. The summed E-state index contributed by atoms with van der Waals surface area (Å²) in [5.41, 5.74) is -2.26. The fourth-order valence-electron chi connectivity index (χ4n) is 0.368. The molecule has 1 rings (SSSR count). The van der Waals surface area contributed by atoms with E-state index in [0.717, 1.165) is 0 Å². The number of aromatic nitrogens is 1. The summed E-state index contributed by atoms with van der Waals surface area (Å²) in [5.74, 6) is -1.46. The smallest absolute Gasteiger partial charge is 0.253 e. The quantitative estimate of drug-likeness (QED) is 0.557. The summed E-state index contributed by atoms with van der Waals surface area (Å²) >= 11 is 0. The molecular formula is C6H6FNO. The van der Waals surface area contributed by atoms with Gasteiger partial charge in [0.15, 0.2) is 0 Å². The number of aromatic amines is 1. The van der Waals surface area contributed by atoms with Crippen molar-refractivity contribution >= 4 is 0 Å². The van der Waals surface area contributed by atoms with Gasteiger partial charge in [-0.3, -0.25) is 4.79 Å². The van der Waals surface area contributed by atoms with Gasteiger partial charge in [0.2, 0.25) is 0 Å². The third-order valence-electron chi connectivity index (χ3n) is 0.795.